The summed E-state index contributed by atoms with van der Waals surface area (Å²) in [4.78, 5) is 38.5. The minimum atomic E-state index is -0.935. The van der Waals surface area contributed by atoms with Crippen LogP contribution in [0.15, 0.2) is 70.0 Å². The molecule has 1 saturated heterocycles. The number of rotatable bonds is 8. The van der Waals surface area contributed by atoms with Crippen LogP contribution in [0.3, 0.4) is 0 Å². The zero-order valence-corrected chi connectivity index (χ0v) is 26.3. The summed E-state index contributed by atoms with van der Waals surface area (Å²) in [5.41, 5.74) is 4.19. The van der Waals surface area contributed by atoms with E-state index in [1.54, 1.807) is 18.3 Å². The molecular formula is C35H27F3N6O3S. The van der Waals surface area contributed by atoms with E-state index in [4.69, 9.17) is 9.40 Å². The van der Waals surface area contributed by atoms with Crippen molar-refractivity contribution in [2.24, 2.45) is 0 Å². The summed E-state index contributed by atoms with van der Waals surface area (Å²) >= 11 is 1.40. The van der Waals surface area contributed by atoms with Crippen LogP contribution in [-0.4, -0.2) is 37.5 Å². The zero-order chi connectivity index (χ0) is 33.1. The number of aromatic nitrogens is 4. The largest absolute Gasteiger partial charge is 0.434 e. The Hall–Kier alpha value is -5.30. The molecule has 2 atom stereocenters. The summed E-state index contributed by atoms with van der Waals surface area (Å²) in [5.74, 6) is -2.53. The average Bonchev–Trinajstić information content (AvgIpc) is 3.88. The van der Waals surface area contributed by atoms with E-state index < -0.39 is 23.4 Å². The van der Waals surface area contributed by atoms with Crippen LogP contribution in [0.25, 0.3) is 32.0 Å². The SMILES string of the molecule is C[C@H](Nc1nccc2cc(-c3c4c(nc(CCc5ccc(F)cc5)c3-c3n[nH]c(=O)o3)[C@@H]3CCCN3C4=O)sc12)c1ccc(F)c(F)c1. The molecule has 6 heterocycles. The Labute approximate surface area is 275 Å². The van der Waals surface area contributed by atoms with Gasteiger partial charge in [0.05, 0.1) is 39.3 Å². The lowest BCUT2D eigenvalue weighted by Gasteiger charge is -2.16. The topological polar surface area (TPSA) is 117 Å². The number of aromatic amines is 1. The molecule has 13 heteroatoms. The highest BCUT2D eigenvalue weighted by molar-refractivity contribution is 7.23. The molecule has 0 bridgehead atoms. The predicted octanol–water partition coefficient (Wildman–Crippen LogP) is 7.37. The van der Waals surface area contributed by atoms with Crippen LogP contribution in [0.1, 0.15) is 64.7 Å². The number of amides is 1. The van der Waals surface area contributed by atoms with E-state index in [1.807, 2.05) is 24.0 Å². The van der Waals surface area contributed by atoms with E-state index in [2.05, 4.69) is 20.5 Å². The Balaban J connectivity index is 1.29. The normalized spacial score (nSPS) is 16.0. The first-order valence-corrected chi connectivity index (χ1v) is 16.3. The fraction of sp³-hybridized carbons (Fsp3) is 0.229. The number of fused-ring (bicyclic) bond motifs is 4. The molecule has 8 rings (SSSR count). The number of carbonyl (C=O) groups is 1. The third-order valence-electron chi connectivity index (χ3n) is 9.04. The number of anilines is 1. The monoisotopic (exact) mass is 668 g/mol. The van der Waals surface area contributed by atoms with Crippen molar-refractivity contribution in [1.82, 2.24) is 25.1 Å². The molecule has 0 saturated carbocycles. The second kappa shape index (κ2) is 11.7. The zero-order valence-electron chi connectivity index (χ0n) is 25.5. The van der Waals surface area contributed by atoms with Gasteiger partial charge in [0, 0.05) is 23.2 Å². The fourth-order valence-corrected chi connectivity index (χ4v) is 7.88. The highest BCUT2D eigenvalue weighted by Crippen LogP contribution is 2.50. The first-order valence-electron chi connectivity index (χ1n) is 15.5. The van der Waals surface area contributed by atoms with Crippen molar-refractivity contribution in [3.63, 3.8) is 0 Å². The van der Waals surface area contributed by atoms with Gasteiger partial charge in [-0.3, -0.25) is 9.78 Å². The quantitative estimate of drug-likeness (QED) is 0.174. The summed E-state index contributed by atoms with van der Waals surface area (Å²) < 4.78 is 47.6. The molecule has 6 aromatic rings. The van der Waals surface area contributed by atoms with E-state index in [0.717, 1.165) is 45.5 Å². The highest BCUT2D eigenvalue weighted by Gasteiger charge is 2.44. The Morgan fingerprint density at radius 3 is 2.62 bits per heavy atom. The Bertz CT molecular complexity index is 2280. The van der Waals surface area contributed by atoms with Gasteiger partial charge >= 0.3 is 5.76 Å². The lowest BCUT2D eigenvalue weighted by molar-refractivity contribution is 0.0776. The number of thiophene rings is 1. The molecular weight excluding hydrogens is 641 g/mol. The van der Waals surface area contributed by atoms with E-state index in [9.17, 15) is 22.8 Å². The van der Waals surface area contributed by atoms with Gasteiger partial charge in [-0.2, -0.15) is 0 Å². The van der Waals surface area contributed by atoms with Crippen LogP contribution in [-0.2, 0) is 12.8 Å². The Morgan fingerprint density at radius 2 is 1.85 bits per heavy atom. The number of hydrogen-bond donors (Lipinski definition) is 2. The number of halogens is 3. The van der Waals surface area contributed by atoms with Crippen molar-refractivity contribution in [3.05, 3.63) is 117 Å². The van der Waals surface area contributed by atoms with Gasteiger partial charge in [0.1, 0.15) is 11.6 Å². The van der Waals surface area contributed by atoms with Crippen LogP contribution < -0.4 is 11.1 Å². The Kier molecular flexibility index (Phi) is 7.35. The van der Waals surface area contributed by atoms with Gasteiger partial charge in [-0.15, -0.1) is 16.4 Å². The maximum atomic E-state index is 14.1. The van der Waals surface area contributed by atoms with Gasteiger partial charge in [0.2, 0.25) is 0 Å². The molecule has 9 nitrogen and oxygen atoms in total. The van der Waals surface area contributed by atoms with Crippen molar-refractivity contribution >= 4 is 33.1 Å². The number of hydrogen-bond acceptors (Lipinski definition) is 8. The van der Waals surface area contributed by atoms with E-state index >= 15 is 0 Å². The number of nitrogens with one attached hydrogen (secondary N) is 2. The number of H-pyrrole nitrogens is 1. The lowest BCUT2D eigenvalue weighted by Crippen LogP contribution is -2.22. The molecule has 2 aliphatic rings. The molecule has 0 aliphatic carbocycles. The molecule has 2 N–H and O–H groups in total. The van der Waals surface area contributed by atoms with Crippen LogP contribution in [0.2, 0.25) is 0 Å². The molecule has 0 spiro atoms. The third kappa shape index (κ3) is 5.14. The molecule has 1 fully saturated rings. The molecule has 242 valence electrons. The van der Waals surface area contributed by atoms with Crippen LogP contribution in [0.4, 0.5) is 19.0 Å². The standard InChI is InChI=1S/C35H27F3N6O3S/c1-17(19-7-10-22(37)23(38)15-19)40-32-31-20(12-13-39-32)16-26(48-31)28-27(33-42-43-35(46)47-33)24(11-6-18-4-8-21(36)9-5-18)41-30-25-3-2-14-44(25)34(45)29(28)30/h4-5,7-10,12-13,15-17,25H,2-3,6,11,14H2,1H3,(H,39,40)(H,43,46)/t17-,25-/m0/s1. The third-order valence-corrected chi connectivity index (χ3v) is 10.2. The summed E-state index contributed by atoms with van der Waals surface area (Å²) in [5, 5.41) is 10.7. The smallest absolute Gasteiger partial charge is 0.388 e. The van der Waals surface area contributed by atoms with E-state index in [0.29, 0.717) is 58.8 Å². The number of aryl methyl sites for hydroxylation is 2. The number of carbonyl (C=O) groups excluding carboxylic acids is 1. The summed E-state index contributed by atoms with van der Waals surface area (Å²) in [6.07, 6.45) is 4.23. The molecule has 1 amide bonds. The maximum Gasteiger partial charge on any atom is 0.434 e. The molecule has 48 heavy (non-hydrogen) atoms. The summed E-state index contributed by atoms with van der Waals surface area (Å²) in [6.45, 7) is 2.44. The van der Waals surface area contributed by atoms with Crippen LogP contribution in [0.5, 0.6) is 0 Å². The van der Waals surface area contributed by atoms with Crippen molar-refractivity contribution in [3.8, 4) is 21.9 Å². The summed E-state index contributed by atoms with van der Waals surface area (Å²) in [7, 11) is 0. The fourth-order valence-electron chi connectivity index (χ4n) is 6.72. The molecule has 2 aromatic carbocycles. The molecule has 0 unspecified atom stereocenters. The van der Waals surface area contributed by atoms with Gasteiger partial charge in [-0.05, 0) is 85.5 Å². The van der Waals surface area contributed by atoms with Gasteiger partial charge < -0.3 is 14.6 Å². The minimum absolute atomic E-state index is 0.0140. The van der Waals surface area contributed by atoms with Crippen molar-refractivity contribution < 1.29 is 22.4 Å². The van der Waals surface area contributed by atoms with Gasteiger partial charge in [0.15, 0.2) is 11.6 Å². The number of pyridine rings is 2. The van der Waals surface area contributed by atoms with E-state index in [1.165, 1.54) is 29.5 Å². The van der Waals surface area contributed by atoms with Gasteiger partial charge in [-0.25, -0.2) is 28.0 Å². The number of benzene rings is 2. The lowest BCUT2D eigenvalue weighted by atomic mass is 9.93. The number of nitrogens with zero attached hydrogens (tertiary/aromatic N) is 4. The van der Waals surface area contributed by atoms with E-state index in [-0.39, 0.29) is 23.7 Å². The van der Waals surface area contributed by atoms with Crippen molar-refractivity contribution in [2.75, 3.05) is 11.9 Å². The minimum Gasteiger partial charge on any atom is -0.388 e. The van der Waals surface area contributed by atoms with Crippen LogP contribution >= 0.6 is 11.3 Å². The molecule has 4 aromatic heterocycles. The first kappa shape index (κ1) is 30.1. The van der Waals surface area contributed by atoms with Crippen molar-refractivity contribution in [1.29, 1.82) is 0 Å². The Morgan fingerprint density at radius 1 is 1.02 bits per heavy atom. The predicted molar refractivity (Wildman–Crippen MR) is 174 cm³/mol. The molecule has 2 aliphatic heterocycles. The second-order valence-corrected chi connectivity index (χ2v) is 13.1. The molecule has 0 radical (unpaired) electrons. The van der Waals surface area contributed by atoms with Gasteiger partial charge in [0.25, 0.3) is 11.8 Å². The summed E-state index contributed by atoms with van der Waals surface area (Å²) in [6, 6.07) is 13.3. The van der Waals surface area contributed by atoms with Gasteiger partial charge in [-0.1, -0.05) is 18.2 Å². The second-order valence-electron chi connectivity index (χ2n) is 12.0. The average molecular weight is 669 g/mol. The van der Waals surface area contributed by atoms with Crippen LogP contribution in [0, 0.1) is 17.5 Å². The van der Waals surface area contributed by atoms with Crippen molar-refractivity contribution in [2.45, 2.75) is 44.7 Å². The maximum absolute atomic E-state index is 14.1. The highest BCUT2D eigenvalue weighted by atomic mass is 32.1. The first-order chi connectivity index (χ1) is 23.2.